The van der Waals surface area contributed by atoms with Crippen LogP contribution in [0.4, 0.5) is 5.69 Å². The topological polar surface area (TPSA) is 29.5 Å². The molecular formula is C12H15NO2. The molecule has 3 heteroatoms. The van der Waals surface area contributed by atoms with Crippen LogP contribution in [0.3, 0.4) is 0 Å². The monoisotopic (exact) mass is 205 g/mol. The molecule has 1 atom stereocenters. The van der Waals surface area contributed by atoms with E-state index in [2.05, 4.69) is 11.8 Å². The van der Waals surface area contributed by atoms with Crippen molar-refractivity contribution < 1.29 is 9.53 Å². The number of carbonyl (C=O) groups is 1. The van der Waals surface area contributed by atoms with Gasteiger partial charge in [-0.25, -0.2) is 0 Å². The number of hydrogen-bond donors (Lipinski definition) is 0. The molecule has 3 nitrogen and oxygen atoms in total. The minimum Gasteiger partial charge on any atom is -0.375 e. The number of nitrogens with zero attached hydrogens (tertiary/aromatic N) is 1. The van der Waals surface area contributed by atoms with Gasteiger partial charge in [0.2, 0.25) is 0 Å². The number of rotatable bonds is 2. The van der Waals surface area contributed by atoms with Crippen LogP contribution in [0, 0.1) is 0 Å². The van der Waals surface area contributed by atoms with E-state index in [9.17, 15) is 4.79 Å². The Morgan fingerprint density at radius 2 is 2.27 bits per heavy atom. The molecule has 0 aromatic heterocycles. The lowest BCUT2D eigenvalue weighted by Gasteiger charge is -2.33. The summed E-state index contributed by atoms with van der Waals surface area (Å²) >= 11 is 0. The van der Waals surface area contributed by atoms with Crippen LogP contribution in [-0.2, 0) is 4.74 Å². The maximum absolute atomic E-state index is 10.9. The van der Waals surface area contributed by atoms with Gasteiger partial charge in [0.15, 0.2) is 6.29 Å². The molecule has 0 N–H and O–H groups in total. The van der Waals surface area contributed by atoms with E-state index in [0.717, 1.165) is 37.2 Å². The van der Waals surface area contributed by atoms with Crippen LogP contribution in [0.5, 0.6) is 0 Å². The summed E-state index contributed by atoms with van der Waals surface area (Å²) in [6, 6.07) is 7.68. The first kappa shape index (κ1) is 10.2. The maximum atomic E-state index is 10.9. The average Bonchev–Trinajstić information content (AvgIpc) is 2.29. The van der Waals surface area contributed by atoms with E-state index in [1.54, 1.807) is 0 Å². The van der Waals surface area contributed by atoms with Gasteiger partial charge in [-0.1, -0.05) is 12.1 Å². The molecule has 0 saturated carbocycles. The molecule has 0 radical (unpaired) electrons. The van der Waals surface area contributed by atoms with Crippen molar-refractivity contribution in [3.05, 3.63) is 29.8 Å². The Balaban J connectivity index is 2.24. The number of anilines is 1. The summed E-state index contributed by atoms with van der Waals surface area (Å²) < 4.78 is 5.47. The Kier molecular flexibility index (Phi) is 3.02. The molecule has 1 fully saturated rings. The van der Waals surface area contributed by atoms with Gasteiger partial charge in [-0.05, 0) is 19.1 Å². The van der Waals surface area contributed by atoms with E-state index in [-0.39, 0.29) is 6.10 Å². The molecule has 0 aliphatic carbocycles. The van der Waals surface area contributed by atoms with Crippen LogP contribution in [-0.4, -0.2) is 32.1 Å². The minimum absolute atomic E-state index is 0.235. The SMILES string of the molecule is CC1CN(c2ccccc2C=O)CCO1. The van der Waals surface area contributed by atoms with E-state index >= 15 is 0 Å². The van der Waals surface area contributed by atoms with Gasteiger partial charge < -0.3 is 9.64 Å². The fourth-order valence-electron chi connectivity index (χ4n) is 1.91. The molecule has 1 heterocycles. The smallest absolute Gasteiger partial charge is 0.152 e. The second-order valence-corrected chi connectivity index (χ2v) is 3.80. The predicted octanol–water partition coefficient (Wildman–Crippen LogP) is 1.72. The van der Waals surface area contributed by atoms with Crippen LogP contribution in [0.1, 0.15) is 17.3 Å². The Morgan fingerprint density at radius 1 is 1.47 bits per heavy atom. The highest BCUT2D eigenvalue weighted by atomic mass is 16.5. The van der Waals surface area contributed by atoms with Crippen LogP contribution in [0.15, 0.2) is 24.3 Å². The molecule has 80 valence electrons. The van der Waals surface area contributed by atoms with Gasteiger partial charge in [-0.3, -0.25) is 4.79 Å². The Labute approximate surface area is 89.7 Å². The summed E-state index contributed by atoms with van der Waals surface area (Å²) in [5.74, 6) is 0. The largest absolute Gasteiger partial charge is 0.375 e. The Morgan fingerprint density at radius 3 is 3.00 bits per heavy atom. The molecule has 0 bridgehead atoms. The third-order valence-electron chi connectivity index (χ3n) is 2.65. The normalized spacial score (nSPS) is 21.4. The minimum atomic E-state index is 0.235. The zero-order valence-corrected chi connectivity index (χ0v) is 8.85. The summed E-state index contributed by atoms with van der Waals surface area (Å²) in [5.41, 5.74) is 1.77. The number of benzene rings is 1. The molecule has 1 aliphatic heterocycles. The Hall–Kier alpha value is -1.35. The second kappa shape index (κ2) is 4.45. The van der Waals surface area contributed by atoms with Crippen LogP contribution < -0.4 is 4.90 Å². The standard InChI is InChI=1S/C12H15NO2/c1-10-8-13(6-7-15-10)12-5-3-2-4-11(12)9-14/h2-5,9-10H,6-8H2,1H3. The highest BCUT2D eigenvalue weighted by molar-refractivity contribution is 5.84. The van der Waals surface area contributed by atoms with Crippen molar-refractivity contribution in [1.29, 1.82) is 0 Å². The zero-order valence-electron chi connectivity index (χ0n) is 8.85. The van der Waals surface area contributed by atoms with Gasteiger partial charge in [0, 0.05) is 24.3 Å². The number of hydrogen-bond acceptors (Lipinski definition) is 3. The van der Waals surface area contributed by atoms with E-state index < -0.39 is 0 Å². The zero-order chi connectivity index (χ0) is 10.7. The molecule has 2 rings (SSSR count). The van der Waals surface area contributed by atoms with E-state index in [1.165, 1.54) is 0 Å². The summed E-state index contributed by atoms with van der Waals surface area (Å²) in [5, 5.41) is 0. The molecule has 15 heavy (non-hydrogen) atoms. The second-order valence-electron chi connectivity index (χ2n) is 3.80. The lowest BCUT2D eigenvalue weighted by molar-refractivity contribution is 0.0531. The first-order valence-corrected chi connectivity index (χ1v) is 5.22. The van der Waals surface area contributed by atoms with Gasteiger partial charge in [0.05, 0.1) is 12.7 Å². The van der Waals surface area contributed by atoms with Crippen molar-refractivity contribution in [2.75, 3.05) is 24.6 Å². The van der Waals surface area contributed by atoms with Crippen LogP contribution in [0.25, 0.3) is 0 Å². The first-order valence-electron chi connectivity index (χ1n) is 5.22. The lowest BCUT2D eigenvalue weighted by Crippen LogP contribution is -2.41. The Bertz CT molecular complexity index is 351. The molecular weight excluding hydrogens is 190 g/mol. The van der Waals surface area contributed by atoms with E-state index in [0.29, 0.717) is 0 Å². The van der Waals surface area contributed by atoms with Crippen molar-refractivity contribution in [2.24, 2.45) is 0 Å². The van der Waals surface area contributed by atoms with Crippen LogP contribution >= 0.6 is 0 Å². The summed E-state index contributed by atoms with van der Waals surface area (Å²) in [6.07, 6.45) is 1.15. The highest BCUT2D eigenvalue weighted by Crippen LogP contribution is 2.21. The molecule has 1 aromatic rings. The van der Waals surface area contributed by atoms with Gasteiger partial charge >= 0.3 is 0 Å². The van der Waals surface area contributed by atoms with Gasteiger partial charge in [0.1, 0.15) is 0 Å². The van der Waals surface area contributed by atoms with Crippen molar-refractivity contribution in [2.45, 2.75) is 13.0 Å². The number of carbonyl (C=O) groups excluding carboxylic acids is 1. The van der Waals surface area contributed by atoms with E-state index in [4.69, 9.17) is 4.74 Å². The van der Waals surface area contributed by atoms with Crippen molar-refractivity contribution in [1.82, 2.24) is 0 Å². The fourth-order valence-corrected chi connectivity index (χ4v) is 1.91. The molecule has 1 saturated heterocycles. The molecule has 0 amide bonds. The van der Waals surface area contributed by atoms with Gasteiger partial charge in [-0.15, -0.1) is 0 Å². The average molecular weight is 205 g/mol. The summed E-state index contributed by atoms with van der Waals surface area (Å²) in [6.45, 7) is 4.49. The first-order chi connectivity index (χ1) is 7.31. The van der Waals surface area contributed by atoms with Gasteiger partial charge in [0.25, 0.3) is 0 Å². The molecule has 1 unspecified atom stereocenters. The number of para-hydroxylation sites is 1. The number of aldehydes is 1. The fraction of sp³-hybridized carbons (Fsp3) is 0.417. The molecule has 0 spiro atoms. The maximum Gasteiger partial charge on any atom is 0.152 e. The summed E-state index contributed by atoms with van der Waals surface area (Å²) in [7, 11) is 0. The van der Waals surface area contributed by atoms with Crippen molar-refractivity contribution in [3.63, 3.8) is 0 Å². The van der Waals surface area contributed by atoms with E-state index in [1.807, 2.05) is 24.3 Å². The predicted molar refractivity (Wildman–Crippen MR) is 59.5 cm³/mol. The third-order valence-corrected chi connectivity index (χ3v) is 2.65. The molecule has 1 aromatic carbocycles. The number of morpholine rings is 1. The van der Waals surface area contributed by atoms with Gasteiger partial charge in [-0.2, -0.15) is 0 Å². The van der Waals surface area contributed by atoms with Crippen molar-refractivity contribution in [3.8, 4) is 0 Å². The number of ether oxygens (including phenoxy) is 1. The van der Waals surface area contributed by atoms with Crippen LogP contribution in [0.2, 0.25) is 0 Å². The molecule has 1 aliphatic rings. The third kappa shape index (κ3) is 2.18. The van der Waals surface area contributed by atoms with Crippen molar-refractivity contribution >= 4 is 12.0 Å². The quantitative estimate of drug-likeness (QED) is 0.688. The summed E-state index contributed by atoms with van der Waals surface area (Å²) in [4.78, 5) is 13.1. The highest BCUT2D eigenvalue weighted by Gasteiger charge is 2.18. The lowest BCUT2D eigenvalue weighted by atomic mass is 10.1.